The summed E-state index contributed by atoms with van der Waals surface area (Å²) in [5.74, 6) is -0.871. The van der Waals surface area contributed by atoms with Crippen molar-refractivity contribution in [1.82, 2.24) is 0 Å². The van der Waals surface area contributed by atoms with Crippen LogP contribution in [0.1, 0.15) is 19.8 Å². The fourth-order valence-corrected chi connectivity index (χ4v) is 2.09. The number of rotatable bonds is 1. The molecule has 1 rings (SSSR count). The molecular formula is C8H15BO3. The summed E-state index contributed by atoms with van der Waals surface area (Å²) in [4.78, 5) is 10.7. The Kier molecular flexibility index (Phi) is 2.78. The number of carbonyl (C=O) groups is 1. The summed E-state index contributed by atoms with van der Waals surface area (Å²) in [6, 6.07) is 0. The SMILES string of the molecule is BC1CC(C)CC(C(=O)O)C1O. The standard InChI is InChI=1S/C8H15BO3/c1-4-2-5(8(11)12)7(10)6(9)3-4/h4-7,10H,2-3,9H2,1H3,(H,11,12). The molecule has 0 spiro atoms. The molecule has 1 saturated carbocycles. The highest BCUT2D eigenvalue weighted by atomic mass is 16.4. The smallest absolute Gasteiger partial charge is 0.309 e. The third-order valence-corrected chi connectivity index (χ3v) is 2.74. The van der Waals surface area contributed by atoms with Crippen LogP contribution in [0, 0.1) is 11.8 Å². The van der Waals surface area contributed by atoms with Gasteiger partial charge < -0.3 is 10.2 Å². The van der Waals surface area contributed by atoms with Crippen molar-refractivity contribution in [3.05, 3.63) is 0 Å². The normalized spacial score (nSPS) is 42.5. The maximum absolute atomic E-state index is 10.7. The molecule has 1 aliphatic rings. The van der Waals surface area contributed by atoms with Crippen LogP contribution in [0.3, 0.4) is 0 Å². The summed E-state index contributed by atoms with van der Waals surface area (Å²) in [6.07, 6.45) is 0.893. The monoisotopic (exact) mass is 170 g/mol. The lowest BCUT2D eigenvalue weighted by atomic mass is 9.65. The van der Waals surface area contributed by atoms with E-state index in [1.165, 1.54) is 0 Å². The summed E-state index contributed by atoms with van der Waals surface area (Å²) in [7, 11) is 1.91. The van der Waals surface area contributed by atoms with E-state index in [0.29, 0.717) is 12.3 Å². The van der Waals surface area contributed by atoms with Gasteiger partial charge in [0.05, 0.1) is 12.0 Å². The van der Waals surface area contributed by atoms with E-state index in [1.807, 2.05) is 14.8 Å². The third-order valence-electron chi connectivity index (χ3n) is 2.74. The van der Waals surface area contributed by atoms with Gasteiger partial charge in [0.15, 0.2) is 0 Å². The van der Waals surface area contributed by atoms with E-state index >= 15 is 0 Å². The maximum atomic E-state index is 10.7. The number of hydrogen-bond acceptors (Lipinski definition) is 2. The van der Waals surface area contributed by atoms with Gasteiger partial charge in [0, 0.05) is 0 Å². The van der Waals surface area contributed by atoms with E-state index < -0.39 is 18.0 Å². The predicted octanol–water partition coefficient (Wildman–Crippen LogP) is -0.100. The van der Waals surface area contributed by atoms with E-state index in [-0.39, 0.29) is 5.82 Å². The Morgan fingerprint density at radius 1 is 1.50 bits per heavy atom. The number of carboxylic acids is 1. The highest BCUT2D eigenvalue weighted by Gasteiger charge is 2.36. The summed E-state index contributed by atoms with van der Waals surface area (Å²) in [5, 5.41) is 18.3. The van der Waals surface area contributed by atoms with Crippen LogP contribution in [0.2, 0.25) is 5.82 Å². The first kappa shape index (κ1) is 9.58. The second kappa shape index (κ2) is 3.48. The van der Waals surface area contributed by atoms with Crippen LogP contribution in [0.5, 0.6) is 0 Å². The van der Waals surface area contributed by atoms with Gasteiger partial charge in [0.1, 0.15) is 7.85 Å². The van der Waals surface area contributed by atoms with Gasteiger partial charge in [-0.05, 0) is 18.2 Å². The first-order valence-corrected chi connectivity index (χ1v) is 4.43. The van der Waals surface area contributed by atoms with Crippen LogP contribution < -0.4 is 0 Å². The van der Waals surface area contributed by atoms with Crippen molar-refractivity contribution in [2.24, 2.45) is 11.8 Å². The highest BCUT2D eigenvalue weighted by Crippen LogP contribution is 2.35. The zero-order chi connectivity index (χ0) is 9.30. The fourth-order valence-electron chi connectivity index (χ4n) is 2.09. The lowest BCUT2D eigenvalue weighted by molar-refractivity contribution is -0.148. The molecule has 0 amide bonds. The zero-order valence-electron chi connectivity index (χ0n) is 7.53. The molecule has 0 aromatic heterocycles. The molecule has 0 bridgehead atoms. The average molecular weight is 170 g/mol. The average Bonchev–Trinajstić information content (AvgIpc) is 1.96. The second-order valence-electron chi connectivity index (χ2n) is 3.99. The van der Waals surface area contributed by atoms with Crippen molar-refractivity contribution in [3.63, 3.8) is 0 Å². The zero-order valence-corrected chi connectivity index (χ0v) is 7.53. The van der Waals surface area contributed by atoms with Crippen molar-refractivity contribution in [1.29, 1.82) is 0 Å². The Hall–Kier alpha value is -0.505. The molecule has 1 fully saturated rings. The number of aliphatic hydroxyl groups is 1. The van der Waals surface area contributed by atoms with Gasteiger partial charge in [-0.1, -0.05) is 13.3 Å². The molecule has 0 heterocycles. The van der Waals surface area contributed by atoms with Gasteiger partial charge in [-0.3, -0.25) is 4.79 Å². The molecule has 4 heteroatoms. The number of aliphatic carboxylic acids is 1. The largest absolute Gasteiger partial charge is 0.481 e. The first-order chi connectivity index (χ1) is 5.52. The quantitative estimate of drug-likeness (QED) is 0.540. The van der Waals surface area contributed by atoms with Crippen LogP contribution >= 0.6 is 0 Å². The summed E-state index contributed by atoms with van der Waals surface area (Å²) in [5.41, 5.74) is 0. The lowest BCUT2D eigenvalue weighted by Crippen LogP contribution is -2.38. The van der Waals surface area contributed by atoms with Gasteiger partial charge in [-0.25, -0.2) is 0 Å². The lowest BCUT2D eigenvalue weighted by Gasteiger charge is -2.34. The van der Waals surface area contributed by atoms with Crippen LogP contribution in [0.4, 0.5) is 0 Å². The van der Waals surface area contributed by atoms with Gasteiger partial charge in [0.25, 0.3) is 0 Å². The molecular weight excluding hydrogens is 155 g/mol. The summed E-state index contributed by atoms with van der Waals surface area (Å²) < 4.78 is 0. The van der Waals surface area contributed by atoms with Gasteiger partial charge in [-0.2, -0.15) is 0 Å². The van der Waals surface area contributed by atoms with Crippen molar-refractivity contribution in [2.45, 2.75) is 31.7 Å². The number of hydrogen-bond donors (Lipinski definition) is 2. The molecule has 0 radical (unpaired) electrons. The number of aliphatic hydroxyl groups excluding tert-OH is 1. The van der Waals surface area contributed by atoms with Crippen LogP contribution in [0.25, 0.3) is 0 Å². The third kappa shape index (κ3) is 1.80. The van der Waals surface area contributed by atoms with Gasteiger partial charge in [-0.15, -0.1) is 0 Å². The van der Waals surface area contributed by atoms with Crippen molar-refractivity contribution < 1.29 is 15.0 Å². The molecule has 0 aliphatic heterocycles. The van der Waals surface area contributed by atoms with Crippen molar-refractivity contribution >= 4 is 13.8 Å². The van der Waals surface area contributed by atoms with Gasteiger partial charge in [0.2, 0.25) is 0 Å². The molecule has 1 aliphatic carbocycles. The molecule has 0 aromatic carbocycles. The minimum absolute atomic E-state index is 0.120. The molecule has 2 N–H and O–H groups in total. The molecule has 4 unspecified atom stereocenters. The molecule has 4 atom stereocenters. The van der Waals surface area contributed by atoms with E-state index in [4.69, 9.17) is 5.11 Å². The van der Waals surface area contributed by atoms with E-state index in [0.717, 1.165) is 6.42 Å². The Balaban J connectivity index is 2.66. The molecule has 0 saturated heterocycles. The fraction of sp³-hybridized carbons (Fsp3) is 0.875. The van der Waals surface area contributed by atoms with Crippen molar-refractivity contribution in [2.75, 3.05) is 0 Å². The van der Waals surface area contributed by atoms with E-state index in [9.17, 15) is 9.90 Å². The maximum Gasteiger partial charge on any atom is 0.309 e. The van der Waals surface area contributed by atoms with Crippen molar-refractivity contribution in [3.8, 4) is 0 Å². The highest BCUT2D eigenvalue weighted by molar-refractivity contribution is 6.12. The Morgan fingerprint density at radius 2 is 2.08 bits per heavy atom. The predicted molar refractivity (Wildman–Crippen MR) is 47.8 cm³/mol. The number of carboxylic acid groups (broad SMARTS) is 1. The molecule has 0 aromatic rings. The minimum Gasteiger partial charge on any atom is -0.481 e. The Labute approximate surface area is 73.2 Å². The Bertz CT molecular complexity index is 183. The van der Waals surface area contributed by atoms with Gasteiger partial charge >= 0.3 is 5.97 Å². The van der Waals surface area contributed by atoms with Crippen LogP contribution in [-0.4, -0.2) is 30.1 Å². The van der Waals surface area contributed by atoms with E-state index in [2.05, 4.69) is 0 Å². The molecule has 12 heavy (non-hydrogen) atoms. The van der Waals surface area contributed by atoms with Crippen LogP contribution in [0.15, 0.2) is 0 Å². The first-order valence-electron chi connectivity index (χ1n) is 4.43. The topological polar surface area (TPSA) is 57.5 Å². The molecule has 68 valence electrons. The second-order valence-corrected chi connectivity index (χ2v) is 3.99. The van der Waals surface area contributed by atoms with E-state index in [1.54, 1.807) is 0 Å². The summed E-state index contributed by atoms with van der Waals surface area (Å²) >= 11 is 0. The molecule has 3 nitrogen and oxygen atoms in total. The van der Waals surface area contributed by atoms with Crippen LogP contribution in [-0.2, 0) is 4.79 Å². The summed E-state index contributed by atoms with van der Waals surface area (Å²) in [6.45, 7) is 2.04. The minimum atomic E-state index is -0.860. The Morgan fingerprint density at radius 3 is 2.58 bits per heavy atom.